The predicted molar refractivity (Wildman–Crippen MR) is 91.5 cm³/mol. The summed E-state index contributed by atoms with van der Waals surface area (Å²) in [5.41, 5.74) is 0.913. The number of amides is 2. The Hall–Kier alpha value is -2.34. The fourth-order valence-corrected chi connectivity index (χ4v) is 2.47. The molecule has 0 aliphatic rings. The molecule has 6 nitrogen and oxygen atoms in total. The van der Waals surface area contributed by atoms with Gasteiger partial charge in [0.1, 0.15) is 11.9 Å². The highest BCUT2D eigenvalue weighted by molar-refractivity contribution is 5.74. The number of nitrogens with zero attached hydrogens (tertiary/aromatic N) is 1. The molecule has 0 saturated carbocycles. The molecule has 0 radical (unpaired) electrons. The second kappa shape index (κ2) is 7.97. The minimum absolute atomic E-state index is 0.186. The average Bonchev–Trinajstić information content (AvgIpc) is 3.08. The average molecular weight is 331 g/mol. The number of carbonyl (C=O) groups excluding carboxylic acids is 1. The third-order valence-corrected chi connectivity index (χ3v) is 3.98. The lowest BCUT2D eigenvalue weighted by Gasteiger charge is -2.26. The van der Waals surface area contributed by atoms with Crippen LogP contribution in [-0.4, -0.2) is 28.7 Å². The van der Waals surface area contributed by atoms with Gasteiger partial charge in [0, 0.05) is 36.8 Å². The number of furan rings is 1. The second-order valence-electron chi connectivity index (χ2n) is 6.61. The summed E-state index contributed by atoms with van der Waals surface area (Å²) in [7, 11) is 0. The minimum Gasteiger partial charge on any atom is -0.467 e. The lowest BCUT2D eigenvalue weighted by atomic mass is 9.85. The summed E-state index contributed by atoms with van der Waals surface area (Å²) in [6, 6.07) is 6.90. The number of carbonyl (C=O) groups is 1. The van der Waals surface area contributed by atoms with Gasteiger partial charge < -0.3 is 20.2 Å². The molecule has 0 aromatic carbocycles. The van der Waals surface area contributed by atoms with Crippen molar-refractivity contribution in [3.63, 3.8) is 0 Å². The second-order valence-corrected chi connectivity index (χ2v) is 6.61. The molecule has 2 rings (SSSR count). The molecule has 0 saturated heterocycles. The standard InChI is InChI=1S/C18H25N3O3/c1-13(11-15(22)16-5-4-10-24-16)21-17(23)20-12-18(2,3)14-6-8-19-9-7-14/h4-10,13,15,22H,11-12H2,1-3H3,(H2,20,21,23). The minimum atomic E-state index is -0.733. The molecule has 0 aliphatic heterocycles. The number of rotatable bonds is 7. The first-order valence-corrected chi connectivity index (χ1v) is 8.05. The fraction of sp³-hybridized carbons (Fsp3) is 0.444. The van der Waals surface area contributed by atoms with Crippen molar-refractivity contribution < 1.29 is 14.3 Å². The van der Waals surface area contributed by atoms with Gasteiger partial charge in [-0.1, -0.05) is 13.8 Å². The number of aliphatic hydroxyl groups is 1. The molecule has 3 N–H and O–H groups in total. The highest BCUT2D eigenvalue weighted by Crippen LogP contribution is 2.21. The summed E-state index contributed by atoms with van der Waals surface area (Å²) in [5, 5.41) is 15.7. The number of urea groups is 1. The third kappa shape index (κ3) is 5.09. The molecule has 2 heterocycles. The number of aliphatic hydroxyl groups excluding tert-OH is 1. The van der Waals surface area contributed by atoms with Gasteiger partial charge in [-0.2, -0.15) is 0 Å². The monoisotopic (exact) mass is 331 g/mol. The summed E-state index contributed by atoms with van der Waals surface area (Å²) in [6.45, 7) is 6.47. The van der Waals surface area contributed by atoms with Crippen LogP contribution in [0.3, 0.4) is 0 Å². The first-order chi connectivity index (χ1) is 11.4. The molecule has 2 aromatic rings. The molecule has 2 atom stereocenters. The van der Waals surface area contributed by atoms with Crippen molar-refractivity contribution in [1.29, 1.82) is 0 Å². The molecule has 2 unspecified atom stereocenters. The summed E-state index contributed by atoms with van der Waals surface area (Å²) in [6.07, 6.45) is 4.66. The van der Waals surface area contributed by atoms with Gasteiger partial charge in [-0.05, 0) is 36.8 Å². The van der Waals surface area contributed by atoms with Crippen LogP contribution in [-0.2, 0) is 5.41 Å². The SMILES string of the molecule is CC(CC(O)c1ccco1)NC(=O)NCC(C)(C)c1ccncc1. The summed E-state index contributed by atoms with van der Waals surface area (Å²) < 4.78 is 5.16. The highest BCUT2D eigenvalue weighted by atomic mass is 16.4. The van der Waals surface area contributed by atoms with E-state index in [0.717, 1.165) is 5.56 Å². The first-order valence-electron chi connectivity index (χ1n) is 8.05. The van der Waals surface area contributed by atoms with E-state index in [4.69, 9.17) is 4.42 Å². The van der Waals surface area contributed by atoms with E-state index in [2.05, 4.69) is 29.5 Å². The van der Waals surface area contributed by atoms with Crippen LogP contribution in [0.2, 0.25) is 0 Å². The summed E-state index contributed by atoms with van der Waals surface area (Å²) in [4.78, 5) is 16.1. The van der Waals surface area contributed by atoms with Gasteiger partial charge >= 0.3 is 6.03 Å². The molecule has 0 bridgehead atoms. The zero-order valence-electron chi connectivity index (χ0n) is 14.3. The van der Waals surface area contributed by atoms with E-state index in [1.165, 1.54) is 6.26 Å². The Kier molecular flexibility index (Phi) is 5.98. The molecule has 2 aromatic heterocycles. The molecule has 0 spiro atoms. The Labute approximate surface area is 142 Å². The lowest BCUT2D eigenvalue weighted by Crippen LogP contribution is -2.45. The molecule has 24 heavy (non-hydrogen) atoms. The molecule has 0 aliphatic carbocycles. The number of aromatic nitrogens is 1. The van der Waals surface area contributed by atoms with E-state index >= 15 is 0 Å². The van der Waals surface area contributed by atoms with E-state index in [0.29, 0.717) is 18.7 Å². The van der Waals surface area contributed by atoms with Gasteiger partial charge in [-0.15, -0.1) is 0 Å². The third-order valence-electron chi connectivity index (χ3n) is 3.98. The van der Waals surface area contributed by atoms with Crippen LogP contribution in [0.1, 0.15) is 44.6 Å². The van der Waals surface area contributed by atoms with Gasteiger partial charge in [-0.25, -0.2) is 4.79 Å². The van der Waals surface area contributed by atoms with Crippen molar-refractivity contribution in [2.75, 3.05) is 6.54 Å². The molecular weight excluding hydrogens is 306 g/mol. The van der Waals surface area contributed by atoms with Gasteiger partial charge in [0.25, 0.3) is 0 Å². The molecule has 130 valence electrons. The maximum Gasteiger partial charge on any atom is 0.315 e. The Morgan fingerprint density at radius 2 is 2.04 bits per heavy atom. The van der Waals surface area contributed by atoms with E-state index < -0.39 is 6.10 Å². The van der Waals surface area contributed by atoms with Gasteiger partial charge in [0.05, 0.1) is 6.26 Å². The van der Waals surface area contributed by atoms with Crippen LogP contribution in [0.25, 0.3) is 0 Å². The first kappa shape index (κ1) is 18.0. The van der Waals surface area contributed by atoms with Crippen molar-refractivity contribution in [2.24, 2.45) is 0 Å². The maximum absolute atomic E-state index is 12.1. The van der Waals surface area contributed by atoms with Crippen LogP contribution >= 0.6 is 0 Å². The summed E-state index contributed by atoms with van der Waals surface area (Å²) in [5.74, 6) is 0.503. The molecular formula is C18H25N3O3. The van der Waals surface area contributed by atoms with E-state index in [-0.39, 0.29) is 17.5 Å². The number of hydrogen-bond acceptors (Lipinski definition) is 4. The maximum atomic E-state index is 12.1. The smallest absolute Gasteiger partial charge is 0.315 e. The molecule has 0 fully saturated rings. The Balaban J connectivity index is 1.78. The van der Waals surface area contributed by atoms with Gasteiger partial charge in [0.2, 0.25) is 0 Å². The van der Waals surface area contributed by atoms with Crippen LogP contribution in [0.5, 0.6) is 0 Å². The lowest BCUT2D eigenvalue weighted by molar-refractivity contribution is 0.129. The number of pyridine rings is 1. The Morgan fingerprint density at radius 3 is 2.67 bits per heavy atom. The zero-order valence-corrected chi connectivity index (χ0v) is 14.3. The van der Waals surface area contributed by atoms with Crippen LogP contribution < -0.4 is 10.6 Å². The van der Waals surface area contributed by atoms with Crippen molar-refractivity contribution in [3.8, 4) is 0 Å². The van der Waals surface area contributed by atoms with Crippen molar-refractivity contribution in [2.45, 2.75) is 44.8 Å². The topological polar surface area (TPSA) is 87.4 Å². The number of nitrogens with one attached hydrogen (secondary N) is 2. The van der Waals surface area contributed by atoms with Crippen molar-refractivity contribution >= 4 is 6.03 Å². The normalized spacial score (nSPS) is 14.0. The van der Waals surface area contributed by atoms with E-state index in [9.17, 15) is 9.90 Å². The Bertz CT molecular complexity index is 626. The largest absolute Gasteiger partial charge is 0.467 e. The molecule has 6 heteroatoms. The van der Waals surface area contributed by atoms with Gasteiger partial charge in [-0.3, -0.25) is 4.98 Å². The zero-order chi connectivity index (χ0) is 17.6. The van der Waals surface area contributed by atoms with E-state index in [1.807, 2.05) is 19.1 Å². The van der Waals surface area contributed by atoms with Crippen LogP contribution in [0, 0.1) is 0 Å². The quantitative estimate of drug-likeness (QED) is 0.728. The molecule has 2 amide bonds. The fourth-order valence-electron chi connectivity index (χ4n) is 2.47. The number of hydrogen-bond donors (Lipinski definition) is 3. The summed E-state index contributed by atoms with van der Waals surface area (Å²) >= 11 is 0. The highest BCUT2D eigenvalue weighted by Gasteiger charge is 2.22. The van der Waals surface area contributed by atoms with Crippen molar-refractivity contribution in [3.05, 3.63) is 54.2 Å². The van der Waals surface area contributed by atoms with E-state index in [1.54, 1.807) is 24.5 Å². The predicted octanol–water partition coefficient (Wildman–Crippen LogP) is 2.76. The van der Waals surface area contributed by atoms with Crippen LogP contribution in [0.4, 0.5) is 4.79 Å². The van der Waals surface area contributed by atoms with Gasteiger partial charge in [0.15, 0.2) is 0 Å². The Morgan fingerprint density at radius 1 is 1.33 bits per heavy atom. The van der Waals surface area contributed by atoms with Crippen molar-refractivity contribution in [1.82, 2.24) is 15.6 Å². The van der Waals surface area contributed by atoms with Crippen LogP contribution in [0.15, 0.2) is 47.3 Å².